The molecule has 1 aromatic heterocycles. The SMILES string of the molecule is C1=CC2c3ccccc3C3(c4ccccc4Oc4ccc(C5=CC6c7nc8ccccc8n7-c7ccccc7C6C=C5)cc43)C2C=C1. The fraction of sp³-hybridized carbons (Fsp3) is 0.114. The number of ether oxygens (including phenoxy) is 1. The van der Waals surface area contributed by atoms with Gasteiger partial charge in [0.05, 0.1) is 22.1 Å². The van der Waals surface area contributed by atoms with Gasteiger partial charge >= 0.3 is 0 Å². The number of imidazole rings is 1. The van der Waals surface area contributed by atoms with E-state index in [1.54, 1.807) is 0 Å². The van der Waals surface area contributed by atoms with Crippen LogP contribution in [-0.4, -0.2) is 9.55 Å². The Bertz CT molecular complexity index is 2440. The highest BCUT2D eigenvalue weighted by atomic mass is 16.5. The Hall–Kier alpha value is -5.67. The van der Waals surface area contributed by atoms with Crippen molar-refractivity contribution in [3.05, 3.63) is 197 Å². The lowest BCUT2D eigenvalue weighted by Crippen LogP contribution is -2.37. The van der Waals surface area contributed by atoms with Crippen LogP contribution in [0.15, 0.2) is 158 Å². The van der Waals surface area contributed by atoms with Crippen LogP contribution < -0.4 is 4.74 Å². The molecule has 6 aromatic rings. The number of hydrogen-bond acceptors (Lipinski definition) is 2. The molecule has 5 unspecified atom stereocenters. The van der Waals surface area contributed by atoms with Gasteiger partial charge < -0.3 is 4.74 Å². The second-order valence-electron chi connectivity index (χ2n) is 13.4. The van der Waals surface area contributed by atoms with Gasteiger partial charge in [-0.05, 0) is 64.2 Å². The highest BCUT2D eigenvalue weighted by molar-refractivity contribution is 5.83. The summed E-state index contributed by atoms with van der Waals surface area (Å²) in [5.74, 6) is 3.92. The molecule has 47 heavy (non-hydrogen) atoms. The van der Waals surface area contributed by atoms with Gasteiger partial charge in [0.1, 0.15) is 17.3 Å². The topological polar surface area (TPSA) is 27.1 Å². The molecular formula is C44H30N2O. The number of aromatic nitrogens is 2. The van der Waals surface area contributed by atoms with Crippen LogP contribution in [0, 0.1) is 5.92 Å². The molecule has 5 aromatic carbocycles. The summed E-state index contributed by atoms with van der Waals surface area (Å²) >= 11 is 0. The van der Waals surface area contributed by atoms with Gasteiger partial charge in [0, 0.05) is 34.8 Å². The van der Waals surface area contributed by atoms with Crippen molar-refractivity contribution in [1.82, 2.24) is 9.55 Å². The van der Waals surface area contributed by atoms with E-state index in [0.717, 1.165) is 28.4 Å². The van der Waals surface area contributed by atoms with Crippen molar-refractivity contribution in [2.45, 2.75) is 23.2 Å². The molecule has 3 aliphatic carbocycles. The Morgan fingerprint density at radius 2 is 1.38 bits per heavy atom. The van der Waals surface area contributed by atoms with Crippen molar-refractivity contribution < 1.29 is 4.74 Å². The summed E-state index contributed by atoms with van der Waals surface area (Å²) in [4.78, 5) is 5.24. The number of benzene rings is 5. The van der Waals surface area contributed by atoms with Gasteiger partial charge in [-0.25, -0.2) is 4.98 Å². The van der Waals surface area contributed by atoms with Gasteiger partial charge in [-0.3, -0.25) is 4.57 Å². The zero-order valence-corrected chi connectivity index (χ0v) is 25.6. The first kappa shape index (κ1) is 25.5. The van der Waals surface area contributed by atoms with Crippen LogP contribution in [0.2, 0.25) is 0 Å². The minimum atomic E-state index is -0.359. The molecule has 222 valence electrons. The van der Waals surface area contributed by atoms with E-state index in [-0.39, 0.29) is 23.2 Å². The predicted octanol–water partition coefficient (Wildman–Crippen LogP) is 10.1. The van der Waals surface area contributed by atoms with E-state index in [0.29, 0.717) is 5.92 Å². The van der Waals surface area contributed by atoms with Gasteiger partial charge in [0.2, 0.25) is 0 Å². The molecule has 0 amide bonds. The third-order valence-corrected chi connectivity index (χ3v) is 11.3. The van der Waals surface area contributed by atoms with Crippen molar-refractivity contribution in [2.24, 2.45) is 5.92 Å². The predicted molar refractivity (Wildman–Crippen MR) is 187 cm³/mol. The maximum atomic E-state index is 6.71. The van der Waals surface area contributed by atoms with E-state index in [2.05, 4.69) is 162 Å². The second-order valence-corrected chi connectivity index (χ2v) is 13.4. The highest BCUT2D eigenvalue weighted by Gasteiger charge is 2.56. The number of hydrogen-bond donors (Lipinski definition) is 0. The minimum absolute atomic E-state index is 0.127. The first-order valence-electron chi connectivity index (χ1n) is 16.6. The molecule has 3 heterocycles. The highest BCUT2D eigenvalue weighted by Crippen LogP contribution is 2.64. The van der Waals surface area contributed by atoms with Crippen LogP contribution in [0.1, 0.15) is 57.0 Å². The normalized spacial score (nSPS) is 25.1. The molecule has 1 spiro atoms. The molecule has 11 rings (SSSR count). The van der Waals surface area contributed by atoms with Crippen LogP contribution in [0.3, 0.4) is 0 Å². The Morgan fingerprint density at radius 3 is 2.34 bits per heavy atom. The Balaban J connectivity index is 1.12. The fourth-order valence-electron chi connectivity index (χ4n) is 9.44. The van der Waals surface area contributed by atoms with Crippen LogP contribution in [0.5, 0.6) is 11.5 Å². The van der Waals surface area contributed by atoms with Crippen LogP contribution in [0.4, 0.5) is 0 Å². The van der Waals surface area contributed by atoms with Gasteiger partial charge in [0.25, 0.3) is 0 Å². The summed E-state index contributed by atoms with van der Waals surface area (Å²) in [6.45, 7) is 0. The number of para-hydroxylation sites is 4. The third kappa shape index (κ3) is 3.24. The molecule has 0 bridgehead atoms. The summed E-state index contributed by atoms with van der Waals surface area (Å²) in [7, 11) is 0. The lowest BCUT2D eigenvalue weighted by atomic mass is 9.61. The summed E-state index contributed by atoms with van der Waals surface area (Å²) in [5.41, 5.74) is 12.1. The maximum Gasteiger partial charge on any atom is 0.131 e. The molecule has 5 atom stereocenters. The molecule has 3 nitrogen and oxygen atoms in total. The monoisotopic (exact) mass is 602 g/mol. The van der Waals surface area contributed by atoms with E-state index in [4.69, 9.17) is 9.72 Å². The summed E-state index contributed by atoms with van der Waals surface area (Å²) in [5, 5.41) is 0. The molecular weight excluding hydrogens is 572 g/mol. The lowest BCUT2D eigenvalue weighted by Gasteiger charge is -2.43. The van der Waals surface area contributed by atoms with Crippen molar-refractivity contribution >= 4 is 16.6 Å². The van der Waals surface area contributed by atoms with Crippen molar-refractivity contribution in [3.63, 3.8) is 0 Å². The quantitative estimate of drug-likeness (QED) is 0.187. The van der Waals surface area contributed by atoms with Gasteiger partial charge in [-0.15, -0.1) is 0 Å². The number of rotatable bonds is 1. The van der Waals surface area contributed by atoms with Gasteiger partial charge in [-0.1, -0.05) is 121 Å². The van der Waals surface area contributed by atoms with Crippen molar-refractivity contribution in [1.29, 1.82) is 0 Å². The first-order valence-corrected chi connectivity index (χ1v) is 16.6. The molecule has 0 radical (unpaired) electrons. The van der Waals surface area contributed by atoms with E-state index in [1.807, 2.05) is 0 Å². The fourth-order valence-corrected chi connectivity index (χ4v) is 9.44. The first-order chi connectivity index (χ1) is 23.3. The van der Waals surface area contributed by atoms with E-state index >= 15 is 0 Å². The average Bonchev–Trinajstić information content (AvgIpc) is 3.67. The summed E-state index contributed by atoms with van der Waals surface area (Å²) in [6.07, 6.45) is 16.4. The molecule has 0 saturated carbocycles. The standard InChI is InChI=1S/C44H30N2O/c1-4-14-34-30(11-1)31-12-2-5-15-35(31)44(34)36-16-6-10-20-41(36)47-42-24-22-28(26-37(42)44)27-21-23-29-32-13-3-8-18-39(32)46-40-19-9-7-17-38(40)45-43(46)33(29)25-27/h1-26,29-30,33-34H. The summed E-state index contributed by atoms with van der Waals surface area (Å²) < 4.78 is 9.09. The number of fused-ring (bicyclic) bond motifs is 17. The molecule has 0 N–H and O–H groups in total. The smallest absolute Gasteiger partial charge is 0.131 e. The number of allylic oxidation sites excluding steroid dienone is 8. The van der Waals surface area contributed by atoms with Crippen LogP contribution in [0.25, 0.3) is 22.3 Å². The molecule has 5 aliphatic rings. The van der Waals surface area contributed by atoms with Gasteiger partial charge in [0.15, 0.2) is 0 Å². The van der Waals surface area contributed by atoms with Crippen LogP contribution in [-0.2, 0) is 5.41 Å². The Kier molecular flexibility index (Phi) is 5.00. The Labute approximate surface area is 273 Å². The largest absolute Gasteiger partial charge is 0.457 e. The van der Waals surface area contributed by atoms with E-state index < -0.39 is 0 Å². The zero-order valence-electron chi connectivity index (χ0n) is 25.6. The lowest BCUT2D eigenvalue weighted by molar-refractivity contribution is 0.374. The molecule has 3 heteroatoms. The number of nitrogens with zero attached hydrogens (tertiary/aromatic N) is 2. The van der Waals surface area contributed by atoms with Crippen LogP contribution >= 0.6 is 0 Å². The van der Waals surface area contributed by atoms with E-state index in [1.165, 1.54) is 44.6 Å². The maximum absolute atomic E-state index is 6.71. The summed E-state index contributed by atoms with van der Waals surface area (Å²) in [6, 6.07) is 41.9. The zero-order chi connectivity index (χ0) is 30.7. The van der Waals surface area contributed by atoms with Crippen molar-refractivity contribution in [2.75, 3.05) is 0 Å². The minimum Gasteiger partial charge on any atom is -0.457 e. The van der Waals surface area contributed by atoms with E-state index in [9.17, 15) is 0 Å². The average molecular weight is 603 g/mol. The second kappa shape index (κ2) is 9.20. The molecule has 0 saturated heterocycles. The Morgan fingerprint density at radius 1 is 0.617 bits per heavy atom. The van der Waals surface area contributed by atoms with Crippen molar-refractivity contribution in [3.8, 4) is 17.2 Å². The third-order valence-electron chi connectivity index (χ3n) is 11.3. The molecule has 0 fully saturated rings. The van der Waals surface area contributed by atoms with Gasteiger partial charge in [-0.2, -0.15) is 0 Å². The molecule has 2 aliphatic heterocycles.